The van der Waals surface area contributed by atoms with Gasteiger partial charge in [-0.25, -0.2) is 8.78 Å². The van der Waals surface area contributed by atoms with Crippen LogP contribution in [0, 0.1) is 18.6 Å². The van der Waals surface area contributed by atoms with Crippen molar-refractivity contribution < 1.29 is 13.6 Å². The first-order valence-electron chi connectivity index (χ1n) is 5.87. The average Bonchev–Trinajstić information content (AvgIpc) is 2.75. The number of halogens is 2. The van der Waals surface area contributed by atoms with Crippen LogP contribution in [0.15, 0.2) is 24.3 Å². The molecular formula is C14H13F2NOS. The molecule has 0 saturated heterocycles. The molecule has 1 aromatic carbocycles. The largest absolute Gasteiger partial charge is 0.319 e. The third-order valence-corrected chi connectivity index (χ3v) is 3.89. The molecule has 1 amide bonds. The lowest BCUT2D eigenvalue weighted by molar-refractivity contribution is 0.103. The number of nitrogens with one attached hydrogen (secondary N) is 1. The predicted octanol–water partition coefficient (Wildman–Crippen LogP) is 4.15. The smallest absolute Gasteiger partial charge is 0.265 e. The molecule has 100 valence electrons. The van der Waals surface area contributed by atoms with Gasteiger partial charge in [-0.05, 0) is 37.1 Å². The minimum atomic E-state index is -0.654. The molecule has 0 radical (unpaired) electrons. The van der Waals surface area contributed by atoms with Gasteiger partial charge in [0.1, 0.15) is 11.6 Å². The van der Waals surface area contributed by atoms with Gasteiger partial charge in [0.05, 0.1) is 10.6 Å². The highest BCUT2D eigenvalue weighted by molar-refractivity contribution is 7.14. The van der Waals surface area contributed by atoms with Crippen molar-refractivity contribution in [3.63, 3.8) is 0 Å². The van der Waals surface area contributed by atoms with Crippen molar-refractivity contribution in [3.05, 3.63) is 51.2 Å². The number of hydrogen-bond acceptors (Lipinski definition) is 2. The Hall–Kier alpha value is -1.75. The van der Waals surface area contributed by atoms with Gasteiger partial charge in [0.2, 0.25) is 0 Å². The molecule has 0 aliphatic rings. The molecule has 2 aromatic rings. The van der Waals surface area contributed by atoms with E-state index in [1.54, 1.807) is 6.07 Å². The first-order valence-corrected chi connectivity index (χ1v) is 6.68. The zero-order chi connectivity index (χ0) is 14.0. The van der Waals surface area contributed by atoms with Crippen molar-refractivity contribution in [3.8, 4) is 0 Å². The van der Waals surface area contributed by atoms with Crippen molar-refractivity contribution in [2.75, 3.05) is 5.32 Å². The van der Waals surface area contributed by atoms with E-state index in [1.165, 1.54) is 11.3 Å². The number of aryl methyl sites for hydroxylation is 2. The molecule has 0 unspecified atom stereocenters. The Bertz CT molecular complexity index is 622. The Kier molecular flexibility index (Phi) is 3.95. The summed E-state index contributed by atoms with van der Waals surface area (Å²) in [5.41, 5.74) is 0.948. The third kappa shape index (κ3) is 2.98. The standard InChI is InChI=1S/C14H13F2NOS/c1-3-9-6-13(19-8(9)2)14(18)17-12-7-10(15)4-5-11(12)16/h4-7H,3H2,1-2H3,(H,17,18). The van der Waals surface area contributed by atoms with E-state index >= 15 is 0 Å². The van der Waals surface area contributed by atoms with Crippen LogP contribution in [0.5, 0.6) is 0 Å². The highest BCUT2D eigenvalue weighted by Crippen LogP contribution is 2.24. The van der Waals surface area contributed by atoms with Gasteiger partial charge < -0.3 is 5.32 Å². The Morgan fingerprint density at radius 2 is 2.05 bits per heavy atom. The van der Waals surface area contributed by atoms with Crippen molar-refractivity contribution in [1.29, 1.82) is 0 Å². The zero-order valence-corrected chi connectivity index (χ0v) is 11.4. The van der Waals surface area contributed by atoms with Crippen LogP contribution >= 0.6 is 11.3 Å². The summed E-state index contributed by atoms with van der Waals surface area (Å²) in [6.07, 6.45) is 0.837. The molecule has 0 saturated carbocycles. The molecular weight excluding hydrogens is 268 g/mol. The Morgan fingerprint density at radius 3 is 2.68 bits per heavy atom. The maximum absolute atomic E-state index is 13.4. The molecule has 0 atom stereocenters. The first kappa shape index (κ1) is 13.7. The second-order valence-electron chi connectivity index (χ2n) is 4.12. The van der Waals surface area contributed by atoms with E-state index in [9.17, 15) is 13.6 Å². The van der Waals surface area contributed by atoms with Crippen molar-refractivity contribution in [1.82, 2.24) is 0 Å². The lowest BCUT2D eigenvalue weighted by atomic mass is 10.2. The Balaban J connectivity index is 2.22. The number of rotatable bonds is 3. The number of benzene rings is 1. The average molecular weight is 281 g/mol. The molecule has 1 N–H and O–H groups in total. The zero-order valence-electron chi connectivity index (χ0n) is 10.6. The summed E-state index contributed by atoms with van der Waals surface area (Å²) in [6.45, 7) is 3.94. The second-order valence-corrected chi connectivity index (χ2v) is 5.38. The van der Waals surface area contributed by atoms with Gasteiger partial charge >= 0.3 is 0 Å². The van der Waals surface area contributed by atoms with Crippen LogP contribution in [0.1, 0.15) is 27.0 Å². The van der Waals surface area contributed by atoms with Crippen LogP contribution in [0.2, 0.25) is 0 Å². The molecule has 0 aliphatic carbocycles. The van der Waals surface area contributed by atoms with E-state index in [-0.39, 0.29) is 5.69 Å². The number of thiophene rings is 1. The fourth-order valence-corrected chi connectivity index (χ4v) is 2.77. The molecule has 2 rings (SSSR count). The van der Waals surface area contributed by atoms with Crippen molar-refractivity contribution in [2.24, 2.45) is 0 Å². The van der Waals surface area contributed by atoms with E-state index in [2.05, 4.69) is 5.32 Å². The summed E-state index contributed by atoms with van der Waals surface area (Å²) in [7, 11) is 0. The molecule has 0 fully saturated rings. The lowest BCUT2D eigenvalue weighted by Crippen LogP contribution is -2.11. The van der Waals surface area contributed by atoms with Crippen LogP contribution in [-0.4, -0.2) is 5.91 Å². The van der Waals surface area contributed by atoms with Gasteiger partial charge in [-0.1, -0.05) is 6.92 Å². The van der Waals surface area contributed by atoms with Gasteiger partial charge in [-0.2, -0.15) is 0 Å². The third-order valence-electron chi connectivity index (χ3n) is 2.80. The first-order chi connectivity index (χ1) is 9.01. The van der Waals surface area contributed by atoms with E-state index in [0.29, 0.717) is 4.88 Å². The summed E-state index contributed by atoms with van der Waals surface area (Å²) in [4.78, 5) is 13.5. The SMILES string of the molecule is CCc1cc(C(=O)Nc2cc(F)ccc2F)sc1C. The van der Waals surface area contributed by atoms with Gasteiger partial charge in [-0.15, -0.1) is 11.3 Å². The van der Waals surface area contributed by atoms with Crippen LogP contribution in [0.25, 0.3) is 0 Å². The fourth-order valence-electron chi connectivity index (χ4n) is 1.76. The van der Waals surface area contributed by atoms with Gasteiger partial charge in [0, 0.05) is 10.9 Å². The molecule has 5 heteroatoms. The highest BCUT2D eigenvalue weighted by atomic mass is 32.1. The quantitative estimate of drug-likeness (QED) is 0.899. The van der Waals surface area contributed by atoms with Gasteiger partial charge in [0.15, 0.2) is 0 Å². The number of hydrogen-bond donors (Lipinski definition) is 1. The number of amides is 1. The molecule has 0 aliphatic heterocycles. The molecule has 1 aromatic heterocycles. The van der Waals surface area contributed by atoms with E-state index in [0.717, 1.165) is 35.1 Å². The van der Waals surface area contributed by atoms with Crippen LogP contribution < -0.4 is 5.32 Å². The summed E-state index contributed by atoms with van der Waals surface area (Å²) in [6, 6.07) is 4.75. The number of carbonyl (C=O) groups excluding carboxylic acids is 1. The summed E-state index contributed by atoms with van der Waals surface area (Å²) < 4.78 is 26.4. The lowest BCUT2D eigenvalue weighted by Gasteiger charge is -2.04. The highest BCUT2D eigenvalue weighted by Gasteiger charge is 2.14. The van der Waals surface area contributed by atoms with Gasteiger partial charge in [-0.3, -0.25) is 4.79 Å². The summed E-state index contributed by atoms with van der Waals surface area (Å²) >= 11 is 1.35. The Labute approximate surface area is 114 Å². The normalized spacial score (nSPS) is 10.5. The maximum Gasteiger partial charge on any atom is 0.265 e. The van der Waals surface area contributed by atoms with Crippen molar-refractivity contribution >= 4 is 22.9 Å². The number of anilines is 1. The summed E-state index contributed by atoms with van der Waals surface area (Å²) in [5.74, 6) is -1.66. The fraction of sp³-hybridized carbons (Fsp3) is 0.214. The minimum absolute atomic E-state index is 0.144. The molecule has 1 heterocycles. The number of carbonyl (C=O) groups is 1. The van der Waals surface area contributed by atoms with E-state index < -0.39 is 17.5 Å². The van der Waals surface area contributed by atoms with Crippen molar-refractivity contribution in [2.45, 2.75) is 20.3 Å². The minimum Gasteiger partial charge on any atom is -0.319 e. The van der Waals surface area contributed by atoms with E-state index in [4.69, 9.17) is 0 Å². The Morgan fingerprint density at radius 1 is 1.32 bits per heavy atom. The maximum atomic E-state index is 13.4. The molecule has 0 bridgehead atoms. The predicted molar refractivity (Wildman–Crippen MR) is 72.7 cm³/mol. The van der Waals surface area contributed by atoms with E-state index in [1.807, 2.05) is 13.8 Å². The molecule has 2 nitrogen and oxygen atoms in total. The van der Waals surface area contributed by atoms with Crippen LogP contribution in [0.4, 0.5) is 14.5 Å². The molecule has 0 spiro atoms. The molecule has 19 heavy (non-hydrogen) atoms. The van der Waals surface area contributed by atoms with Crippen LogP contribution in [-0.2, 0) is 6.42 Å². The van der Waals surface area contributed by atoms with Crippen LogP contribution in [0.3, 0.4) is 0 Å². The second kappa shape index (κ2) is 5.48. The monoisotopic (exact) mass is 281 g/mol. The summed E-state index contributed by atoms with van der Waals surface area (Å²) in [5, 5.41) is 2.39. The van der Waals surface area contributed by atoms with Gasteiger partial charge in [0.25, 0.3) is 5.91 Å². The topological polar surface area (TPSA) is 29.1 Å².